The molecule has 0 spiro atoms. The van der Waals surface area contributed by atoms with Crippen LogP contribution in [0.5, 0.6) is 5.75 Å². The number of carbonyl (C=O) groups excluding carboxylic acids is 1. The van der Waals surface area contributed by atoms with Crippen LogP contribution in [0.25, 0.3) is 0 Å². The van der Waals surface area contributed by atoms with Crippen LogP contribution in [0.1, 0.15) is 35.2 Å². The second-order valence-corrected chi connectivity index (χ2v) is 6.61. The zero-order valence-electron chi connectivity index (χ0n) is 16.8. The maximum Gasteiger partial charge on any atom is 0.274 e. The topological polar surface area (TPSA) is 76.1 Å². The van der Waals surface area contributed by atoms with Crippen molar-refractivity contribution < 1.29 is 9.53 Å². The molecule has 6 heteroatoms. The molecular formula is C23H26N4O2. The SMILES string of the molecule is CCOc1ccc(NC(=O)c2cc(NCCCc3ccccc3)nc(C)n2)cc1. The van der Waals surface area contributed by atoms with Gasteiger partial charge in [0.1, 0.15) is 23.1 Å². The number of hydrogen-bond acceptors (Lipinski definition) is 5. The monoisotopic (exact) mass is 390 g/mol. The van der Waals surface area contributed by atoms with Crippen LogP contribution in [0.4, 0.5) is 11.5 Å². The van der Waals surface area contributed by atoms with Crippen LogP contribution in [-0.4, -0.2) is 29.0 Å². The summed E-state index contributed by atoms with van der Waals surface area (Å²) in [5.74, 6) is 1.70. The molecule has 2 N–H and O–H groups in total. The Bertz CT molecular complexity index is 927. The van der Waals surface area contributed by atoms with E-state index in [2.05, 4.69) is 32.7 Å². The number of amides is 1. The Morgan fingerprint density at radius 3 is 2.52 bits per heavy atom. The van der Waals surface area contributed by atoms with Crippen molar-refractivity contribution in [2.45, 2.75) is 26.7 Å². The van der Waals surface area contributed by atoms with Gasteiger partial charge in [-0.25, -0.2) is 9.97 Å². The van der Waals surface area contributed by atoms with Gasteiger partial charge in [-0.3, -0.25) is 4.79 Å². The first kappa shape index (κ1) is 20.3. The van der Waals surface area contributed by atoms with Gasteiger partial charge in [-0.05, 0) is 56.5 Å². The normalized spacial score (nSPS) is 10.4. The van der Waals surface area contributed by atoms with Gasteiger partial charge in [-0.1, -0.05) is 30.3 Å². The molecule has 2 aromatic carbocycles. The van der Waals surface area contributed by atoms with Gasteiger partial charge in [-0.2, -0.15) is 0 Å². The highest BCUT2D eigenvalue weighted by molar-refractivity contribution is 6.03. The first-order valence-electron chi connectivity index (χ1n) is 9.81. The van der Waals surface area contributed by atoms with Crippen molar-refractivity contribution in [1.29, 1.82) is 0 Å². The van der Waals surface area contributed by atoms with Gasteiger partial charge in [0, 0.05) is 18.3 Å². The van der Waals surface area contributed by atoms with E-state index in [4.69, 9.17) is 4.74 Å². The fraction of sp³-hybridized carbons (Fsp3) is 0.261. The van der Waals surface area contributed by atoms with E-state index in [1.54, 1.807) is 25.1 Å². The van der Waals surface area contributed by atoms with E-state index in [1.165, 1.54) is 5.56 Å². The molecule has 0 aliphatic carbocycles. The standard InChI is InChI=1S/C23H26N4O2/c1-3-29-20-13-11-19(12-14-20)27-23(28)21-16-22(26-17(2)25-21)24-15-7-10-18-8-5-4-6-9-18/h4-6,8-9,11-14,16H,3,7,10,15H2,1-2H3,(H,27,28)(H,24,25,26). The Kier molecular flexibility index (Phi) is 7.16. The van der Waals surface area contributed by atoms with E-state index in [0.29, 0.717) is 29.6 Å². The summed E-state index contributed by atoms with van der Waals surface area (Å²) in [4.78, 5) is 21.2. The average molecular weight is 390 g/mol. The van der Waals surface area contributed by atoms with Crippen molar-refractivity contribution in [3.8, 4) is 5.75 Å². The van der Waals surface area contributed by atoms with Gasteiger partial charge in [-0.15, -0.1) is 0 Å². The van der Waals surface area contributed by atoms with Gasteiger partial charge in [0.15, 0.2) is 0 Å². The number of hydrogen-bond donors (Lipinski definition) is 2. The molecule has 3 aromatic rings. The Morgan fingerprint density at radius 1 is 1.03 bits per heavy atom. The molecule has 29 heavy (non-hydrogen) atoms. The molecule has 0 unspecified atom stereocenters. The van der Waals surface area contributed by atoms with Gasteiger partial charge >= 0.3 is 0 Å². The Hall–Kier alpha value is -3.41. The molecule has 0 aliphatic heterocycles. The number of anilines is 2. The number of rotatable bonds is 9. The van der Waals surface area contributed by atoms with Crippen molar-refractivity contribution in [3.63, 3.8) is 0 Å². The zero-order valence-corrected chi connectivity index (χ0v) is 16.8. The fourth-order valence-electron chi connectivity index (χ4n) is 2.92. The van der Waals surface area contributed by atoms with Gasteiger partial charge in [0.25, 0.3) is 5.91 Å². The summed E-state index contributed by atoms with van der Waals surface area (Å²) in [5.41, 5.74) is 2.33. The minimum Gasteiger partial charge on any atom is -0.494 e. The summed E-state index contributed by atoms with van der Waals surface area (Å²) >= 11 is 0. The molecule has 0 radical (unpaired) electrons. The van der Waals surface area contributed by atoms with E-state index in [9.17, 15) is 4.79 Å². The molecule has 0 aliphatic rings. The minimum atomic E-state index is -0.271. The third-order valence-corrected chi connectivity index (χ3v) is 4.28. The van der Waals surface area contributed by atoms with E-state index in [-0.39, 0.29) is 5.91 Å². The highest BCUT2D eigenvalue weighted by atomic mass is 16.5. The summed E-state index contributed by atoms with van der Waals surface area (Å²) in [6.07, 6.45) is 1.96. The Morgan fingerprint density at radius 2 is 1.79 bits per heavy atom. The predicted octanol–water partition coefficient (Wildman–Crippen LogP) is 4.48. The van der Waals surface area contributed by atoms with Crippen molar-refractivity contribution in [3.05, 3.63) is 77.7 Å². The molecule has 0 fully saturated rings. The molecule has 0 saturated carbocycles. The highest BCUT2D eigenvalue weighted by Crippen LogP contribution is 2.17. The summed E-state index contributed by atoms with van der Waals surface area (Å²) in [6, 6.07) is 19.3. The van der Waals surface area contributed by atoms with E-state index < -0.39 is 0 Å². The molecule has 1 amide bonds. The van der Waals surface area contributed by atoms with Crippen molar-refractivity contribution >= 4 is 17.4 Å². The Balaban J connectivity index is 1.56. The molecule has 1 aromatic heterocycles. The van der Waals surface area contributed by atoms with Crippen LogP contribution in [-0.2, 0) is 6.42 Å². The third kappa shape index (κ3) is 6.31. The Labute approximate surface area is 171 Å². The van der Waals surface area contributed by atoms with Crippen LogP contribution >= 0.6 is 0 Å². The molecular weight excluding hydrogens is 364 g/mol. The highest BCUT2D eigenvalue weighted by Gasteiger charge is 2.11. The average Bonchev–Trinajstić information content (AvgIpc) is 2.73. The molecule has 0 atom stereocenters. The quantitative estimate of drug-likeness (QED) is 0.527. The van der Waals surface area contributed by atoms with Crippen molar-refractivity contribution in [2.24, 2.45) is 0 Å². The predicted molar refractivity (Wildman–Crippen MR) is 116 cm³/mol. The van der Waals surface area contributed by atoms with Crippen LogP contribution in [0.2, 0.25) is 0 Å². The van der Waals surface area contributed by atoms with Crippen molar-refractivity contribution in [2.75, 3.05) is 23.8 Å². The van der Waals surface area contributed by atoms with Crippen LogP contribution < -0.4 is 15.4 Å². The fourth-order valence-corrected chi connectivity index (χ4v) is 2.92. The molecule has 0 bridgehead atoms. The second-order valence-electron chi connectivity index (χ2n) is 6.61. The molecule has 3 rings (SSSR count). The zero-order chi connectivity index (χ0) is 20.5. The van der Waals surface area contributed by atoms with Crippen LogP contribution in [0, 0.1) is 6.92 Å². The summed E-state index contributed by atoms with van der Waals surface area (Å²) in [7, 11) is 0. The number of nitrogens with one attached hydrogen (secondary N) is 2. The lowest BCUT2D eigenvalue weighted by atomic mass is 10.1. The lowest BCUT2D eigenvalue weighted by Crippen LogP contribution is -2.16. The summed E-state index contributed by atoms with van der Waals surface area (Å²) < 4.78 is 5.42. The number of aryl methyl sites for hydroxylation is 2. The van der Waals surface area contributed by atoms with Gasteiger partial charge in [0.05, 0.1) is 6.61 Å². The summed E-state index contributed by atoms with van der Waals surface area (Å²) in [5, 5.41) is 6.15. The maximum atomic E-state index is 12.6. The van der Waals surface area contributed by atoms with Gasteiger partial charge < -0.3 is 15.4 Å². The number of benzene rings is 2. The van der Waals surface area contributed by atoms with Gasteiger partial charge in [0.2, 0.25) is 0 Å². The van der Waals surface area contributed by atoms with E-state index in [0.717, 1.165) is 25.1 Å². The largest absolute Gasteiger partial charge is 0.494 e. The first-order chi connectivity index (χ1) is 14.1. The second kappa shape index (κ2) is 10.2. The smallest absolute Gasteiger partial charge is 0.274 e. The lowest BCUT2D eigenvalue weighted by Gasteiger charge is -2.10. The molecule has 0 saturated heterocycles. The first-order valence-corrected chi connectivity index (χ1v) is 9.81. The lowest BCUT2D eigenvalue weighted by molar-refractivity contribution is 0.102. The molecule has 150 valence electrons. The minimum absolute atomic E-state index is 0.271. The van der Waals surface area contributed by atoms with E-state index >= 15 is 0 Å². The number of carbonyl (C=O) groups is 1. The van der Waals surface area contributed by atoms with Crippen molar-refractivity contribution in [1.82, 2.24) is 9.97 Å². The van der Waals surface area contributed by atoms with E-state index in [1.807, 2.05) is 37.3 Å². The molecule has 1 heterocycles. The third-order valence-electron chi connectivity index (χ3n) is 4.28. The van der Waals surface area contributed by atoms with Crippen LogP contribution in [0.15, 0.2) is 60.7 Å². The summed E-state index contributed by atoms with van der Waals surface area (Å²) in [6.45, 7) is 5.08. The number of nitrogens with zero attached hydrogens (tertiary/aromatic N) is 2. The number of ether oxygens (including phenoxy) is 1. The maximum absolute atomic E-state index is 12.6. The number of aromatic nitrogens is 2. The van der Waals surface area contributed by atoms with Crippen LogP contribution in [0.3, 0.4) is 0 Å². The molecule has 6 nitrogen and oxygen atoms in total.